The number of halogens is 1. The molecule has 0 saturated heterocycles. The van der Waals surface area contributed by atoms with Crippen molar-refractivity contribution in [3.8, 4) is 0 Å². The molecule has 1 amide bonds. The van der Waals surface area contributed by atoms with Gasteiger partial charge in [-0.15, -0.1) is 0 Å². The smallest absolute Gasteiger partial charge is 0.251 e. The van der Waals surface area contributed by atoms with Crippen LogP contribution in [0.3, 0.4) is 0 Å². The third kappa shape index (κ3) is 3.82. The van der Waals surface area contributed by atoms with Crippen molar-refractivity contribution in [2.75, 3.05) is 0 Å². The van der Waals surface area contributed by atoms with Crippen LogP contribution in [0.2, 0.25) is 0 Å². The third-order valence-electron chi connectivity index (χ3n) is 4.30. The van der Waals surface area contributed by atoms with Gasteiger partial charge in [0.05, 0.1) is 0 Å². The fourth-order valence-electron chi connectivity index (χ4n) is 2.69. The number of carbonyl (C=O) groups excluding carboxylic acids is 1. The van der Waals surface area contributed by atoms with Crippen LogP contribution in [-0.2, 0) is 5.33 Å². The quantitative estimate of drug-likeness (QED) is 0.832. The first-order valence-corrected chi connectivity index (χ1v) is 8.18. The Kier molecular flexibility index (Phi) is 5.03. The summed E-state index contributed by atoms with van der Waals surface area (Å²) in [6.45, 7) is 4.59. The van der Waals surface area contributed by atoms with E-state index in [1.807, 2.05) is 24.3 Å². The molecule has 0 bridgehead atoms. The van der Waals surface area contributed by atoms with Crippen LogP contribution in [0.5, 0.6) is 0 Å². The number of hydrogen-bond donors (Lipinski definition) is 1. The number of amides is 1. The van der Waals surface area contributed by atoms with E-state index in [1.165, 1.54) is 12.0 Å². The highest BCUT2D eigenvalue weighted by Gasteiger charge is 2.25. The SMILES string of the molecule is CC1CCC(NC(=O)c2ccc(CBr)cc2)CC1C. The number of alkyl halides is 1. The second-order valence-corrected chi connectivity index (χ2v) is 6.33. The number of rotatable bonds is 3. The van der Waals surface area contributed by atoms with Crippen molar-refractivity contribution < 1.29 is 4.79 Å². The minimum atomic E-state index is 0.0628. The van der Waals surface area contributed by atoms with Crippen LogP contribution in [0.1, 0.15) is 49.0 Å². The highest BCUT2D eigenvalue weighted by atomic mass is 79.9. The Morgan fingerprint density at radius 3 is 2.47 bits per heavy atom. The normalized spacial score (nSPS) is 27.0. The Balaban J connectivity index is 1.93. The van der Waals surface area contributed by atoms with Gasteiger partial charge in [-0.2, -0.15) is 0 Å². The molecule has 3 unspecified atom stereocenters. The van der Waals surface area contributed by atoms with Gasteiger partial charge in [0.1, 0.15) is 0 Å². The van der Waals surface area contributed by atoms with Crippen molar-refractivity contribution in [1.82, 2.24) is 5.32 Å². The summed E-state index contributed by atoms with van der Waals surface area (Å²) in [5.41, 5.74) is 1.95. The molecule has 3 heteroatoms. The lowest BCUT2D eigenvalue weighted by Gasteiger charge is -2.32. The zero-order chi connectivity index (χ0) is 13.8. The summed E-state index contributed by atoms with van der Waals surface area (Å²) in [6, 6.07) is 8.14. The Labute approximate surface area is 124 Å². The fraction of sp³-hybridized carbons (Fsp3) is 0.562. The summed E-state index contributed by atoms with van der Waals surface area (Å²) in [4.78, 5) is 12.2. The number of carbonyl (C=O) groups is 1. The van der Waals surface area contributed by atoms with Gasteiger partial charge in [0.2, 0.25) is 0 Å². The van der Waals surface area contributed by atoms with Crippen molar-refractivity contribution in [3.05, 3.63) is 35.4 Å². The zero-order valence-electron chi connectivity index (χ0n) is 11.7. The number of nitrogens with one attached hydrogen (secondary N) is 1. The maximum absolute atomic E-state index is 12.2. The molecule has 0 aliphatic heterocycles. The summed E-state index contributed by atoms with van der Waals surface area (Å²) >= 11 is 3.41. The van der Waals surface area contributed by atoms with Crippen LogP contribution in [0.15, 0.2) is 24.3 Å². The van der Waals surface area contributed by atoms with E-state index in [1.54, 1.807) is 0 Å². The Hall–Kier alpha value is -0.830. The second kappa shape index (κ2) is 6.56. The van der Waals surface area contributed by atoms with Crippen molar-refractivity contribution in [1.29, 1.82) is 0 Å². The topological polar surface area (TPSA) is 29.1 Å². The van der Waals surface area contributed by atoms with Gasteiger partial charge in [0, 0.05) is 16.9 Å². The molecule has 104 valence electrons. The fourth-order valence-corrected chi connectivity index (χ4v) is 3.07. The van der Waals surface area contributed by atoms with Crippen LogP contribution < -0.4 is 5.32 Å². The van der Waals surface area contributed by atoms with E-state index in [2.05, 4.69) is 35.1 Å². The molecule has 3 atom stereocenters. The summed E-state index contributed by atoms with van der Waals surface area (Å²) in [5, 5.41) is 4.00. The molecule has 0 spiro atoms. The predicted molar refractivity (Wildman–Crippen MR) is 82.5 cm³/mol. The van der Waals surface area contributed by atoms with Crippen LogP contribution in [0, 0.1) is 11.8 Å². The molecule has 0 heterocycles. The van der Waals surface area contributed by atoms with E-state index in [0.29, 0.717) is 12.0 Å². The van der Waals surface area contributed by atoms with E-state index in [4.69, 9.17) is 0 Å². The van der Waals surface area contributed by atoms with Gasteiger partial charge in [0.15, 0.2) is 0 Å². The van der Waals surface area contributed by atoms with Crippen LogP contribution in [0.4, 0.5) is 0 Å². The minimum absolute atomic E-state index is 0.0628. The van der Waals surface area contributed by atoms with Gasteiger partial charge in [0.25, 0.3) is 5.91 Å². The molecule has 0 aromatic heterocycles. The number of hydrogen-bond acceptors (Lipinski definition) is 1. The molecule has 0 radical (unpaired) electrons. The summed E-state index contributed by atoms with van der Waals surface area (Å²) in [7, 11) is 0. The van der Waals surface area contributed by atoms with Crippen molar-refractivity contribution >= 4 is 21.8 Å². The van der Waals surface area contributed by atoms with E-state index in [9.17, 15) is 4.79 Å². The zero-order valence-corrected chi connectivity index (χ0v) is 13.2. The number of benzene rings is 1. The maximum atomic E-state index is 12.2. The molecule has 2 nitrogen and oxygen atoms in total. The molecule has 1 saturated carbocycles. The average molecular weight is 324 g/mol. The van der Waals surface area contributed by atoms with Gasteiger partial charge in [-0.25, -0.2) is 0 Å². The molecule has 1 aliphatic rings. The van der Waals surface area contributed by atoms with Gasteiger partial charge in [-0.1, -0.05) is 41.9 Å². The first-order valence-electron chi connectivity index (χ1n) is 7.06. The lowest BCUT2D eigenvalue weighted by atomic mass is 9.79. The van der Waals surface area contributed by atoms with Gasteiger partial charge in [-0.05, 0) is 48.8 Å². The first-order chi connectivity index (χ1) is 9.10. The van der Waals surface area contributed by atoms with Gasteiger partial charge < -0.3 is 5.32 Å². The van der Waals surface area contributed by atoms with Crippen LogP contribution in [-0.4, -0.2) is 11.9 Å². The lowest BCUT2D eigenvalue weighted by Crippen LogP contribution is -2.39. The molecule has 1 aliphatic carbocycles. The lowest BCUT2D eigenvalue weighted by molar-refractivity contribution is 0.0910. The highest BCUT2D eigenvalue weighted by molar-refractivity contribution is 9.08. The Bertz CT molecular complexity index is 429. The summed E-state index contributed by atoms with van der Waals surface area (Å²) in [6.07, 6.45) is 3.43. The molecule has 1 aromatic rings. The van der Waals surface area contributed by atoms with Gasteiger partial charge >= 0.3 is 0 Å². The standard InChI is InChI=1S/C16H22BrNO/c1-11-3-8-15(9-12(11)2)18-16(19)14-6-4-13(10-17)5-7-14/h4-7,11-12,15H,3,8-10H2,1-2H3,(H,18,19). The van der Waals surface area contributed by atoms with E-state index in [-0.39, 0.29) is 5.91 Å². The van der Waals surface area contributed by atoms with E-state index >= 15 is 0 Å². The van der Waals surface area contributed by atoms with E-state index < -0.39 is 0 Å². The third-order valence-corrected chi connectivity index (χ3v) is 4.95. The van der Waals surface area contributed by atoms with Gasteiger partial charge in [-0.3, -0.25) is 4.79 Å². The monoisotopic (exact) mass is 323 g/mol. The first kappa shape index (κ1) is 14.6. The summed E-state index contributed by atoms with van der Waals surface area (Å²) < 4.78 is 0. The van der Waals surface area contributed by atoms with Crippen molar-refractivity contribution in [3.63, 3.8) is 0 Å². The Morgan fingerprint density at radius 2 is 1.89 bits per heavy atom. The van der Waals surface area contributed by atoms with E-state index in [0.717, 1.165) is 29.7 Å². The molecular weight excluding hydrogens is 302 g/mol. The Morgan fingerprint density at radius 1 is 1.21 bits per heavy atom. The second-order valence-electron chi connectivity index (χ2n) is 5.77. The average Bonchev–Trinajstić information content (AvgIpc) is 2.43. The predicted octanol–water partition coefficient (Wildman–Crippen LogP) is 4.14. The summed E-state index contributed by atoms with van der Waals surface area (Å²) in [5.74, 6) is 1.55. The molecule has 2 rings (SSSR count). The largest absolute Gasteiger partial charge is 0.349 e. The molecule has 1 fully saturated rings. The highest BCUT2D eigenvalue weighted by Crippen LogP contribution is 2.29. The minimum Gasteiger partial charge on any atom is -0.349 e. The molecular formula is C16H22BrNO. The van der Waals surface area contributed by atoms with Crippen LogP contribution in [0.25, 0.3) is 0 Å². The van der Waals surface area contributed by atoms with Crippen molar-refractivity contribution in [2.45, 2.75) is 44.5 Å². The maximum Gasteiger partial charge on any atom is 0.251 e. The molecule has 19 heavy (non-hydrogen) atoms. The molecule has 1 N–H and O–H groups in total. The van der Waals surface area contributed by atoms with Crippen molar-refractivity contribution in [2.24, 2.45) is 11.8 Å². The van der Waals surface area contributed by atoms with Crippen LogP contribution >= 0.6 is 15.9 Å². The molecule has 1 aromatic carbocycles.